The zero-order valence-electron chi connectivity index (χ0n) is 15.8. The Kier molecular flexibility index (Phi) is 7.13. The van der Waals surface area contributed by atoms with Gasteiger partial charge < -0.3 is 10.2 Å². The molecule has 3 rings (SSSR count). The summed E-state index contributed by atoms with van der Waals surface area (Å²) in [4.78, 5) is 30.2. The molecule has 1 aliphatic heterocycles. The first-order chi connectivity index (χ1) is 13.7. The van der Waals surface area contributed by atoms with E-state index in [1.165, 1.54) is 6.08 Å². The highest BCUT2D eigenvalue weighted by Crippen LogP contribution is 2.20. The third-order valence-corrected chi connectivity index (χ3v) is 4.76. The van der Waals surface area contributed by atoms with E-state index in [0.717, 1.165) is 37.1 Å². The Labute approximate surface area is 165 Å². The average molecular weight is 375 g/mol. The summed E-state index contributed by atoms with van der Waals surface area (Å²) in [7, 11) is 0. The van der Waals surface area contributed by atoms with Crippen molar-refractivity contribution in [2.45, 2.75) is 12.8 Å². The quantitative estimate of drug-likeness (QED) is 0.622. The van der Waals surface area contributed by atoms with Crippen LogP contribution in [-0.4, -0.2) is 41.3 Å². The Bertz CT molecular complexity index is 823. The van der Waals surface area contributed by atoms with Gasteiger partial charge in [0.05, 0.1) is 0 Å². The number of rotatable bonds is 6. The third kappa shape index (κ3) is 5.91. The molecule has 2 amide bonds. The molecule has 1 N–H and O–H groups in total. The second-order valence-corrected chi connectivity index (χ2v) is 6.79. The lowest BCUT2D eigenvalue weighted by atomic mass is 9.96. The molecule has 0 aliphatic carbocycles. The number of hydrogen-bond donors (Lipinski definition) is 1. The number of nitrogens with zero attached hydrogens (tertiary/aromatic N) is 2. The van der Waals surface area contributed by atoms with E-state index in [1.54, 1.807) is 18.5 Å². The monoisotopic (exact) mass is 375 g/mol. The fraction of sp³-hybridized carbons (Fsp3) is 0.261. The highest BCUT2D eigenvalue weighted by atomic mass is 16.2. The number of nitrogens with one attached hydrogen (secondary N) is 1. The summed E-state index contributed by atoms with van der Waals surface area (Å²) >= 11 is 0. The van der Waals surface area contributed by atoms with E-state index in [0.29, 0.717) is 12.5 Å². The van der Waals surface area contributed by atoms with E-state index >= 15 is 0 Å². The number of carbonyl (C=O) groups is 2. The number of amides is 2. The molecule has 1 aromatic carbocycles. The number of benzene rings is 1. The molecule has 28 heavy (non-hydrogen) atoms. The van der Waals surface area contributed by atoms with Crippen LogP contribution in [0.2, 0.25) is 0 Å². The van der Waals surface area contributed by atoms with Gasteiger partial charge in [-0.25, -0.2) is 0 Å². The lowest BCUT2D eigenvalue weighted by molar-refractivity contribution is -0.116. The second kappa shape index (κ2) is 10.2. The molecule has 5 nitrogen and oxygen atoms in total. The highest BCUT2D eigenvalue weighted by Gasteiger charge is 2.21. The molecule has 0 unspecified atom stereocenters. The van der Waals surface area contributed by atoms with Crippen LogP contribution in [0.3, 0.4) is 0 Å². The number of allylic oxidation sites excluding steroid dienone is 1. The van der Waals surface area contributed by atoms with Gasteiger partial charge in [0.15, 0.2) is 0 Å². The fourth-order valence-electron chi connectivity index (χ4n) is 3.18. The van der Waals surface area contributed by atoms with E-state index in [4.69, 9.17) is 0 Å². The molecule has 1 saturated heterocycles. The van der Waals surface area contributed by atoms with Crippen molar-refractivity contribution in [2.24, 2.45) is 5.92 Å². The normalized spacial score (nSPS) is 15.2. The van der Waals surface area contributed by atoms with Gasteiger partial charge in [-0.05, 0) is 48.6 Å². The van der Waals surface area contributed by atoms with Crippen LogP contribution in [0, 0.1) is 5.92 Å². The van der Waals surface area contributed by atoms with Crippen LogP contribution < -0.4 is 5.32 Å². The number of carbonyl (C=O) groups excluding carboxylic acids is 2. The van der Waals surface area contributed by atoms with Gasteiger partial charge in [-0.3, -0.25) is 14.6 Å². The van der Waals surface area contributed by atoms with Gasteiger partial charge in [0.2, 0.25) is 5.91 Å². The zero-order valence-corrected chi connectivity index (χ0v) is 15.8. The van der Waals surface area contributed by atoms with Gasteiger partial charge >= 0.3 is 0 Å². The maximum absolute atomic E-state index is 12.5. The molecule has 0 radical (unpaired) electrons. The minimum absolute atomic E-state index is 0.107. The molecule has 144 valence electrons. The van der Waals surface area contributed by atoms with Gasteiger partial charge in [-0.15, -0.1) is 0 Å². The predicted octanol–water partition coefficient (Wildman–Crippen LogP) is 3.32. The Hall–Kier alpha value is -3.21. The first kappa shape index (κ1) is 19.5. The van der Waals surface area contributed by atoms with Crippen molar-refractivity contribution in [1.29, 1.82) is 0 Å². The second-order valence-electron chi connectivity index (χ2n) is 6.79. The standard InChI is InChI=1S/C23H25N3O2/c27-22(11-10-20-7-4-14-24-18-20)25-15-5-6-19-12-16-26(17-13-19)23(28)21-8-2-1-3-9-21/h1-11,14,18-19H,12-13,15-17H2,(H,25,27)/b6-5+,11-10+. The number of likely N-dealkylation sites (tertiary alicyclic amines) is 1. The molecule has 0 spiro atoms. The van der Waals surface area contributed by atoms with Crippen LogP contribution in [0.4, 0.5) is 0 Å². The van der Waals surface area contributed by atoms with Crippen molar-refractivity contribution < 1.29 is 9.59 Å². The Balaban J connectivity index is 1.36. The summed E-state index contributed by atoms with van der Waals surface area (Å²) in [6.07, 6.45) is 12.7. The molecule has 2 aromatic rings. The summed E-state index contributed by atoms with van der Waals surface area (Å²) in [5.74, 6) is 0.426. The number of aromatic nitrogens is 1. The molecule has 0 bridgehead atoms. The van der Waals surface area contributed by atoms with Gasteiger partial charge in [0.25, 0.3) is 5.91 Å². The first-order valence-corrected chi connectivity index (χ1v) is 9.59. The summed E-state index contributed by atoms with van der Waals surface area (Å²) in [5, 5.41) is 2.84. The Morgan fingerprint density at radius 1 is 1.11 bits per heavy atom. The number of hydrogen-bond acceptors (Lipinski definition) is 3. The van der Waals surface area contributed by atoms with Crippen LogP contribution in [0.5, 0.6) is 0 Å². The summed E-state index contributed by atoms with van der Waals surface area (Å²) in [5.41, 5.74) is 1.64. The predicted molar refractivity (Wildman–Crippen MR) is 110 cm³/mol. The molecular formula is C23H25N3O2. The van der Waals surface area contributed by atoms with Crippen LogP contribution in [0.1, 0.15) is 28.8 Å². The average Bonchev–Trinajstić information content (AvgIpc) is 2.76. The number of pyridine rings is 1. The summed E-state index contributed by atoms with van der Waals surface area (Å²) in [6.45, 7) is 2.03. The lowest BCUT2D eigenvalue weighted by Gasteiger charge is -2.30. The minimum atomic E-state index is -0.128. The highest BCUT2D eigenvalue weighted by molar-refractivity contribution is 5.94. The topological polar surface area (TPSA) is 62.3 Å². The van der Waals surface area contributed by atoms with Gasteiger partial charge in [0, 0.05) is 43.7 Å². The van der Waals surface area contributed by atoms with Crippen molar-refractivity contribution in [3.8, 4) is 0 Å². The van der Waals surface area contributed by atoms with Crippen LogP contribution in [0.15, 0.2) is 73.1 Å². The molecule has 2 heterocycles. The first-order valence-electron chi connectivity index (χ1n) is 9.59. The zero-order chi connectivity index (χ0) is 19.6. The smallest absolute Gasteiger partial charge is 0.253 e. The largest absolute Gasteiger partial charge is 0.349 e. The van der Waals surface area contributed by atoms with Crippen LogP contribution in [0.25, 0.3) is 6.08 Å². The molecule has 5 heteroatoms. The third-order valence-electron chi connectivity index (χ3n) is 4.76. The Morgan fingerprint density at radius 3 is 2.61 bits per heavy atom. The maximum Gasteiger partial charge on any atom is 0.253 e. The van der Waals surface area contributed by atoms with Gasteiger partial charge in [-0.2, -0.15) is 0 Å². The van der Waals surface area contributed by atoms with E-state index in [-0.39, 0.29) is 11.8 Å². The van der Waals surface area contributed by atoms with E-state index in [1.807, 2.05) is 53.4 Å². The molecule has 1 aliphatic rings. The van der Waals surface area contributed by atoms with E-state index in [9.17, 15) is 9.59 Å². The number of piperidine rings is 1. The lowest BCUT2D eigenvalue weighted by Crippen LogP contribution is -2.38. The van der Waals surface area contributed by atoms with Gasteiger partial charge in [0.1, 0.15) is 0 Å². The van der Waals surface area contributed by atoms with E-state index in [2.05, 4.69) is 16.4 Å². The summed E-state index contributed by atoms with van der Waals surface area (Å²) in [6, 6.07) is 13.2. The van der Waals surface area contributed by atoms with Crippen molar-refractivity contribution in [3.05, 3.63) is 84.2 Å². The molecule has 0 saturated carbocycles. The van der Waals surface area contributed by atoms with Crippen LogP contribution >= 0.6 is 0 Å². The Morgan fingerprint density at radius 2 is 1.89 bits per heavy atom. The van der Waals surface area contributed by atoms with Crippen molar-refractivity contribution in [2.75, 3.05) is 19.6 Å². The maximum atomic E-state index is 12.5. The fourth-order valence-corrected chi connectivity index (χ4v) is 3.18. The molecular weight excluding hydrogens is 350 g/mol. The SMILES string of the molecule is O=C(/C=C/c1cccnc1)NC/C=C/C1CCN(C(=O)c2ccccc2)CC1. The van der Waals surface area contributed by atoms with Gasteiger partial charge in [-0.1, -0.05) is 36.4 Å². The summed E-state index contributed by atoms with van der Waals surface area (Å²) < 4.78 is 0. The molecule has 1 aromatic heterocycles. The van der Waals surface area contributed by atoms with Crippen molar-refractivity contribution in [1.82, 2.24) is 15.2 Å². The van der Waals surface area contributed by atoms with Crippen molar-refractivity contribution in [3.63, 3.8) is 0 Å². The van der Waals surface area contributed by atoms with E-state index < -0.39 is 0 Å². The van der Waals surface area contributed by atoms with Crippen LogP contribution in [-0.2, 0) is 4.79 Å². The van der Waals surface area contributed by atoms with Crippen molar-refractivity contribution >= 4 is 17.9 Å². The molecule has 0 atom stereocenters. The molecule has 1 fully saturated rings. The minimum Gasteiger partial charge on any atom is -0.349 e.